The molecule has 0 bridgehead atoms. The van der Waals surface area contributed by atoms with E-state index < -0.39 is 0 Å². The summed E-state index contributed by atoms with van der Waals surface area (Å²) in [6.45, 7) is 4.14. The molecule has 80 valence electrons. The maximum Gasteiger partial charge on any atom is 0.0824 e. The van der Waals surface area contributed by atoms with Crippen LogP contribution >= 0.6 is 0 Å². The Labute approximate surface area is 85.9 Å². The molecule has 14 heavy (non-hydrogen) atoms. The van der Waals surface area contributed by atoms with Crippen molar-refractivity contribution < 1.29 is 0 Å². The number of aryl methyl sites for hydroxylation is 2. The van der Waals surface area contributed by atoms with Crippen LogP contribution in [0.1, 0.15) is 12.1 Å². The molecule has 0 unspecified atom stereocenters. The van der Waals surface area contributed by atoms with E-state index in [0.717, 1.165) is 30.9 Å². The lowest BCUT2D eigenvalue weighted by Gasteiger charge is -2.09. The number of hydrogen-bond acceptors (Lipinski definition) is 3. The summed E-state index contributed by atoms with van der Waals surface area (Å²) in [6, 6.07) is 0. The van der Waals surface area contributed by atoms with Crippen LogP contribution in [-0.4, -0.2) is 41.9 Å². The molecule has 0 saturated heterocycles. The van der Waals surface area contributed by atoms with Gasteiger partial charge in [-0.05, 0) is 34.0 Å². The summed E-state index contributed by atoms with van der Waals surface area (Å²) in [6.07, 6.45) is 3.17. The minimum atomic E-state index is 1.00. The van der Waals surface area contributed by atoms with E-state index in [4.69, 9.17) is 0 Å². The monoisotopic (exact) mass is 196 g/mol. The fourth-order valence-corrected chi connectivity index (χ4v) is 1.39. The molecule has 0 aliphatic carbocycles. The summed E-state index contributed by atoms with van der Waals surface area (Å²) >= 11 is 0. The van der Waals surface area contributed by atoms with Gasteiger partial charge in [-0.25, -0.2) is 0 Å². The molecule has 1 aromatic heterocycles. The van der Waals surface area contributed by atoms with Gasteiger partial charge in [-0.3, -0.25) is 4.68 Å². The van der Waals surface area contributed by atoms with Gasteiger partial charge in [-0.15, -0.1) is 0 Å². The third kappa shape index (κ3) is 3.38. The Morgan fingerprint density at radius 2 is 2.21 bits per heavy atom. The predicted molar refractivity (Wildman–Crippen MR) is 59.6 cm³/mol. The molecule has 0 aliphatic rings. The molecule has 1 heterocycles. The summed E-state index contributed by atoms with van der Waals surface area (Å²) in [5.74, 6) is 0. The van der Waals surface area contributed by atoms with Gasteiger partial charge in [0.25, 0.3) is 0 Å². The van der Waals surface area contributed by atoms with E-state index >= 15 is 0 Å². The van der Waals surface area contributed by atoms with Crippen LogP contribution in [-0.2, 0) is 7.05 Å². The molecule has 0 aliphatic heterocycles. The largest absolute Gasteiger partial charge is 0.382 e. The zero-order valence-corrected chi connectivity index (χ0v) is 9.54. The molecule has 0 amide bonds. The van der Waals surface area contributed by atoms with Crippen LogP contribution in [0.3, 0.4) is 0 Å². The molecule has 0 atom stereocenters. The molecular weight excluding hydrogens is 176 g/mol. The number of rotatable bonds is 5. The van der Waals surface area contributed by atoms with Gasteiger partial charge in [0.05, 0.1) is 11.4 Å². The highest BCUT2D eigenvalue weighted by Gasteiger charge is 2.00. The lowest BCUT2D eigenvalue weighted by Crippen LogP contribution is -2.16. The fourth-order valence-electron chi connectivity index (χ4n) is 1.39. The fraction of sp³-hybridized carbons (Fsp3) is 0.700. The van der Waals surface area contributed by atoms with E-state index in [1.807, 2.05) is 24.9 Å². The van der Waals surface area contributed by atoms with Crippen molar-refractivity contribution in [3.05, 3.63) is 11.9 Å². The van der Waals surface area contributed by atoms with Gasteiger partial charge in [0.1, 0.15) is 0 Å². The molecule has 0 aromatic carbocycles. The lowest BCUT2D eigenvalue weighted by atomic mass is 10.3. The Balaban J connectivity index is 2.28. The standard InChI is InChI=1S/C10H20N4/c1-9-10(8-14(4)12-9)11-6-5-7-13(2)3/h8,11H,5-7H2,1-4H3. The van der Waals surface area contributed by atoms with Crippen LogP contribution < -0.4 is 5.32 Å². The zero-order chi connectivity index (χ0) is 10.6. The molecule has 1 N–H and O–H groups in total. The van der Waals surface area contributed by atoms with Crippen molar-refractivity contribution in [1.29, 1.82) is 0 Å². The van der Waals surface area contributed by atoms with Crippen molar-refractivity contribution in [2.45, 2.75) is 13.3 Å². The van der Waals surface area contributed by atoms with Crippen LogP contribution in [0.15, 0.2) is 6.20 Å². The van der Waals surface area contributed by atoms with Gasteiger partial charge >= 0.3 is 0 Å². The number of aromatic nitrogens is 2. The average Bonchev–Trinajstić information content (AvgIpc) is 2.39. The van der Waals surface area contributed by atoms with Gasteiger partial charge in [0.2, 0.25) is 0 Å². The maximum absolute atomic E-state index is 4.27. The van der Waals surface area contributed by atoms with Crippen LogP contribution in [0, 0.1) is 6.92 Å². The lowest BCUT2D eigenvalue weighted by molar-refractivity contribution is 0.405. The van der Waals surface area contributed by atoms with E-state index in [9.17, 15) is 0 Å². The van der Waals surface area contributed by atoms with Crippen LogP contribution in [0.4, 0.5) is 5.69 Å². The highest BCUT2D eigenvalue weighted by atomic mass is 15.3. The van der Waals surface area contributed by atoms with E-state index in [1.54, 1.807) is 0 Å². The first kappa shape index (κ1) is 11.0. The third-order valence-corrected chi connectivity index (χ3v) is 2.11. The molecule has 1 aromatic rings. The smallest absolute Gasteiger partial charge is 0.0824 e. The summed E-state index contributed by atoms with van der Waals surface area (Å²) in [4.78, 5) is 2.19. The van der Waals surface area contributed by atoms with E-state index in [-0.39, 0.29) is 0 Å². The first-order chi connectivity index (χ1) is 6.59. The van der Waals surface area contributed by atoms with E-state index in [1.165, 1.54) is 0 Å². The van der Waals surface area contributed by atoms with Crippen molar-refractivity contribution >= 4 is 5.69 Å². The number of anilines is 1. The van der Waals surface area contributed by atoms with Crippen molar-refractivity contribution in [3.8, 4) is 0 Å². The molecule has 1 rings (SSSR count). The SMILES string of the molecule is Cc1nn(C)cc1NCCCN(C)C. The maximum atomic E-state index is 4.27. The van der Waals surface area contributed by atoms with Gasteiger partial charge in [0, 0.05) is 19.8 Å². The molecular formula is C10H20N4. The second kappa shape index (κ2) is 5.00. The topological polar surface area (TPSA) is 33.1 Å². The van der Waals surface area contributed by atoms with E-state index in [0.29, 0.717) is 0 Å². The highest BCUT2D eigenvalue weighted by Crippen LogP contribution is 2.10. The molecule has 0 radical (unpaired) electrons. The third-order valence-electron chi connectivity index (χ3n) is 2.11. The minimum Gasteiger partial charge on any atom is -0.382 e. The Kier molecular flexibility index (Phi) is 3.95. The van der Waals surface area contributed by atoms with Gasteiger partial charge < -0.3 is 10.2 Å². The molecule has 0 spiro atoms. The zero-order valence-electron chi connectivity index (χ0n) is 9.54. The van der Waals surface area contributed by atoms with Gasteiger partial charge in [0.15, 0.2) is 0 Å². The summed E-state index contributed by atoms with van der Waals surface area (Å²) < 4.78 is 1.84. The van der Waals surface area contributed by atoms with Crippen molar-refractivity contribution in [2.75, 3.05) is 32.5 Å². The van der Waals surface area contributed by atoms with Crippen molar-refractivity contribution in [2.24, 2.45) is 7.05 Å². The van der Waals surface area contributed by atoms with E-state index in [2.05, 4.69) is 29.4 Å². The number of nitrogens with one attached hydrogen (secondary N) is 1. The summed E-state index contributed by atoms with van der Waals surface area (Å²) in [7, 11) is 6.13. The first-order valence-electron chi connectivity index (χ1n) is 4.98. The summed E-state index contributed by atoms with van der Waals surface area (Å²) in [5, 5.41) is 7.65. The predicted octanol–water partition coefficient (Wildman–Crippen LogP) is 1.09. The average molecular weight is 196 g/mol. The Morgan fingerprint density at radius 1 is 1.50 bits per heavy atom. The first-order valence-corrected chi connectivity index (χ1v) is 4.98. The Hall–Kier alpha value is -1.03. The molecule has 4 heteroatoms. The van der Waals surface area contributed by atoms with Crippen molar-refractivity contribution in [3.63, 3.8) is 0 Å². The highest BCUT2D eigenvalue weighted by molar-refractivity contribution is 5.45. The quantitative estimate of drug-likeness (QED) is 0.716. The molecule has 4 nitrogen and oxygen atoms in total. The van der Waals surface area contributed by atoms with Crippen molar-refractivity contribution in [1.82, 2.24) is 14.7 Å². The van der Waals surface area contributed by atoms with Crippen LogP contribution in [0.2, 0.25) is 0 Å². The Morgan fingerprint density at radius 3 is 2.71 bits per heavy atom. The minimum absolute atomic E-state index is 1.00. The van der Waals surface area contributed by atoms with Gasteiger partial charge in [-0.1, -0.05) is 0 Å². The second-order valence-electron chi connectivity index (χ2n) is 3.89. The number of nitrogens with zero attached hydrogens (tertiary/aromatic N) is 3. The van der Waals surface area contributed by atoms with Crippen LogP contribution in [0.5, 0.6) is 0 Å². The van der Waals surface area contributed by atoms with Gasteiger partial charge in [-0.2, -0.15) is 5.10 Å². The second-order valence-corrected chi connectivity index (χ2v) is 3.89. The Bertz CT molecular complexity index is 278. The molecule has 0 fully saturated rings. The number of hydrogen-bond donors (Lipinski definition) is 1. The normalized spacial score (nSPS) is 10.9. The van der Waals surface area contributed by atoms with Crippen LogP contribution in [0.25, 0.3) is 0 Å². The molecule has 0 saturated carbocycles. The summed E-state index contributed by atoms with van der Waals surface area (Å²) in [5.41, 5.74) is 2.21.